The molecular weight excluding hydrogens is 237 g/mol. The minimum Gasteiger partial charge on any atom is -0.392 e. The molecule has 96 valence electrons. The topological polar surface area (TPSA) is 59.2 Å². The van der Waals surface area contributed by atoms with Gasteiger partial charge in [-0.05, 0) is 12.8 Å². The van der Waals surface area contributed by atoms with E-state index in [1.165, 1.54) is 0 Å². The summed E-state index contributed by atoms with van der Waals surface area (Å²) in [7, 11) is 0. The Morgan fingerprint density at radius 1 is 1.29 bits per heavy atom. The van der Waals surface area contributed by atoms with Gasteiger partial charge in [0.15, 0.2) is 5.82 Å². The normalized spacial score (nSPS) is 26.1. The number of halogens is 3. The molecule has 2 unspecified atom stereocenters. The van der Waals surface area contributed by atoms with Gasteiger partial charge in [0.05, 0.1) is 12.0 Å². The Balaban J connectivity index is 2.07. The van der Waals surface area contributed by atoms with Gasteiger partial charge < -0.3 is 9.63 Å². The summed E-state index contributed by atoms with van der Waals surface area (Å²) in [6.07, 6.45) is -3.00. The lowest BCUT2D eigenvalue weighted by Crippen LogP contribution is -2.22. The lowest BCUT2D eigenvalue weighted by Gasteiger charge is -2.24. The summed E-state index contributed by atoms with van der Waals surface area (Å²) in [6, 6.07) is 0. The van der Waals surface area contributed by atoms with E-state index in [9.17, 15) is 18.3 Å². The molecule has 4 nitrogen and oxygen atoms in total. The van der Waals surface area contributed by atoms with E-state index in [0.717, 1.165) is 12.8 Å². The number of hydrogen-bond acceptors (Lipinski definition) is 4. The number of aliphatic hydroxyl groups is 1. The second-order valence-corrected chi connectivity index (χ2v) is 4.30. The van der Waals surface area contributed by atoms with Crippen molar-refractivity contribution in [1.82, 2.24) is 10.1 Å². The van der Waals surface area contributed by atoms with Crippen LogP contribution in [0.15, 0.2) is 4.52 Å². The van der Waals surface area contributed by atoms with Crippen molar-refractivity contribution >= 4 is 0 Å². The van der Waals surface area contributed by atoms with Crippen molar-refractivity contribution in [2.45, 2.75) is 50.3 Å². The molecule has 1 aliphatic rings. The Labute approximate surface area is 95.8 Å². The SMILES string of the molecule is OC1CCCCC1c1nc(CC(F)(F)F)no1. The molecule has 0 aliphatic heterocycles. The van der Waals surface area contributed by atoms with Crippen LogP contribution in [-0.2, 0) is 6.42 Å². The lowest BCUT2D eigenvalue weighted by molar-refractivity contribution is -0.128. The van der Waals surface area contributed by atoms with E-state index >= 15 is 0 Å². The summed E-state index contributed by atoms with van der Waals surface area (Å²) in [5.74, 6) is -0.569. The zero-order valence-corrected chi connectivity index (χ0v) is 9.07. The van der Waals surface area contributed by atoms with E-state index in [2.05, 4.69) is 10.1 Å². The van der Waals surface area contributed by atoms with E-state index in [0.29, 0.717) is 12.8 Å². The molecule has 1 aromatic rings. The fourth-order valence-corrected chi connectivity index (χ4v) is 2.07. The predicted octanol–water partition coefficient (Wildman–Crippen LogP) is 2.19. The van der Waals surface area contributed by atoms with Gasteiger partial charge >= 0.3 is 6.18 Å². The maximum absolute atomic E-state index is 12.1. The van der Waals surface area contributed by atoms with Gasteiger partial charge in [0, 0.05) is 0 Å². The largest absolute Gasteiger partial charge is 0.396 e. The van der Waals surface area contributed by atoms with Gasteiger partial charge in [-0.1, -0.05) is 18.0 Å². The summed E-state index contributed by atoms with van der Waals surface area (Å²) >= 11 is 0. The summed E-state index contributed by atoms with van der Waals surface area (Å²) in [6.45, 7) is 0. The third-order valence-corrected chi connectivity index (χ3v) is 2.89. The van der Waals surface area contributed by atoms with Crippen LogP contribution in [0.25, 0.3) is 0 Å². The molecule has 1 heterocycles. The molecule has 1 fully saturated rings. The van der Waals surface area contributed by atoms with Crippen LogP contribution in [0.5, 0.6) is 0 Å². The van der Waals surface area contributed by atoms with Crippen LogP contribution >= 0.6 is 0 Å². The molecule has 0 radical (unpaired) electrons. The van der Waals surface area contributed by atoms with E-state index < -0.39 is 18.7 Å². The highest BCUT2D eigenvalue weighted by molar-refractivity contribution is 4.99. The van der Waals surface area contributed by atoms with Crippen molar-refractivity contribution in [3.63, 3.8) is 0 Å². The van der Waals surface area contributed by atoms with Crippen LogP contribution in [-0.4, -0.2) is 27.5 Å². The van der Waals surface area contributed by atoms with Crippen LogP contribution in [0.2, 0.25) is 0 Å². The third-order valence-electron chi connectivity index (χ3n) is 2.89. The van der Waals surface area contributed by atoms with Crippen molar-refractivity contribution in [2.75, 3.05) is 0 Å². The average Bonchev–Trinajstić information content (AvgIpc) is 2.64. The van der Waals surface area contributed by atoms with E-state index in [-0.39, 0.29) is 17.6 Å². The second kappa shape index (κ2) is 4.64. The molecule has 7 heteroatoms. The van der Waals surface area contributed by atoms with Crippen LogP contribution < -0.4 is 0 Å². The van der Waals surface area contributed by atoms with Crippen molar-refractivity contribution in [2.24, 2.45) is 0 Å². The number of rotatable bonds is 2. The number of alkyl halides is 3. The minimum absolute atomic E-state index is 0.122. The van der Waals surface area contributed by atoms with Crippen LogP contribution in [0.3, 0.4) is 0 Å². The predicted molar refractivity (Wildman–Crippen MR) is 51.3 cm³/mol. The van der Waals surface area contributed by atoms with Crippen LogP contribution in [0.4, 0.5) is 13.2 Å². The van der Waals surface area contributed by atoms with E-state index in [4.69, 9.17) is 4.52 Å². The number of aromatic nitrogens is 2. The smallest absolute Gasteiger partial charge is 0.392 e. The summed E-state index contributed by atoms with van der Waals surface area (Å²) in [5, 5.41) is 13.0. The molecular formula is C10H13F3N2O2. The van der Waals surface area contributed by atoms with Crippen molar-refractivity contribution in [3.8, 4) is 0 Å². The lowest BCUT2D eigenvalue weighted by atomic mass is 9.86. The zero-order valence-electron chi connectivity index (χ0n) is 9.07. The fraction of sp³-hybridized carbons (Fsp3) is 0.800. The van der Waals surface area contributed by atoms with Gasteiger partial charge in [0.2, 0.25) is 5.89 Å². The Kier molecular flexibility index (Phi) is 3.37. The molecule has 1 aromatic heterocycles. The Hall–Kier alpha value is -1.11. The molecule has 2 atom stereocenters. The average molecular weight is 250 g/mol. The van der Waals surface area contributed by atoms with Crippen molar-refractivity contribution < 1.29 is 22.8 Å². The summed E-state index contributed by atoms with van der Waals surface area (Å²) in [4.78, 5) is 3.71. The molecule has 0 amide bonds. The first kappa shape index (κ1) is 12.3. The highest BCUT2D eigenvalue weighted by atomic mass is 19.4. The van der Waals surface area contributed by atoms with E-state index in [1.54, 1.807) is 0 Å². The van der Waals surface area contributed by atoms with Gasteiger partial charge in [0.25, 0.3) is 0 Å². The van der Waals surface area contributed by atoms with E-state index in [1.807, 2.05) is 0 Å². The molecule has 0 bridgehead atoms. The van der Waals surface area contributed by atoms with Crippen molar-refractivity contribution in [3.05, 3.63) is 11.7 Å². The second-order valence-electron chi connectivity index (χ2n) is 4.30. The maximum atomic E-state index is 12.1. The summed E-state index contributed by atoms with van der Waals surface area (Å²) < 4.78 is 41.1. The van der Waals surface area contributed by atoms with Gasteiger partial charge in [-0.25, -0.2) is 0 Å². The van der Waals surface area contributed by atoms with Gasteiger partial charge in [-0.3, -0.25) is 0 Å². The first-order valence-corrected chi connectivity index (χ1v) is 5.53. The quantitative estimate of drug-likeness (QED) is 0.874. The molecule has 2 rings (SSSR count). The van der Waals surface area contributed by atoms with Crippen LogP contribution in [0, 0.1) is 0 Å². The fourth-order valence-electron chi connectivity index (χ4n) is 2.07. The minimum atomic E-state index is -4.34. The first-order chi connectivity index (χ1) is 7.96. The Morgan fingerprint density at radius 3 is 2.65 bits per heavy atom. The monoisotopic (exact) mass is 250 g/mol. The van der Waals surface area contributed by atoms with Crippen LogP contribution in [0.1, 0.15) is 43.3 Å². The molecule has 0 spiro atoms. The maximum Gasteiger partial charge on any atom is 0.396 e. The first-order valence-electron chi connectivity index (χ1n) is 5.53. The third kappa shape index (κ3) is 3.18. The molecule has 17 heavy (non-hydrogen) atoms. The van der Waals surface area contributed by atoms with Crippen molar-refractivity contribution in [1.29, 1.82) is 0 Å². The molecule has 0 aromatic carbocycles. The summed E-state index contributed by atoms with van der Waals surface area (Å²) in [5.41, 5.74) is 0. The molecule has 1 N–H and O–H groups in total. The number of nitrogens with zero attached hydrogens (tertiary/aromatic N) is 2. The molecule has 1 aliphatic carbocycles. The highest BCUT2D eigenvalue weighted by Crippen LogP contribution is 2.32. The Morgan fingerprint density at radius 2 is 2.00 bits per heavy atom. The zero-order chi connectivity index (χ0) is 12.5. The number of aliphatic hydroxyl groups excluding tert-OH is 1. The molecule has 0 saturated heterocycles. The molecule has 1 saturated carbocycles. The van der Waals surface area contributed by atoms with Gasteiger partial charge in [-0.2, -0.15) is 18.2 Å². The Bertz CT molecular complexity index is 378. The van der Waals surface area contributed by atoms with Gasteiger partial charge in [0.1, 0.15) is 6.42 Å². The number of hydrogen-bond donors (Lipinski definition) is 1. The van der Waals surface area contributed by atoms with Gasteiger partial charge in [-0.15, -0.1) is 0 Å². The standard InChI is InChI=1S/C10H13F3N2O2/c11-10(12,13)5-8-14-9(17-15-8)6-3-1-2-4-7(6)16/h6-7,16H,1-5H2. The highest BCUT2D eigenvalue weighted by Gasteiger charge is 2.33.